The number of hydrogen-bond donors (Lipinski definition) is 1. The van der Waals surface area contributed by atoms with Crippen LogP contribution in [0.1, 0.15) is 48.0 Å². The summed E-state index contributed by atoms with van der Waals surface area (Å²) in [6.45, 7) is 1.06. The van der Waals surface area contributed by atoms with Gasteiger partial charge < -0.3 is 9.72 Å². The fraction of sp³-hybridized carbons (Fsp3) is 0.269. The molecule has 32 heavy (non-hydrogen) atoms. The number of fused-ring (bicyclic) bond motifs is 3. The number of amides is 1. The number of carbonyl (C=O) groups is 1. The topological polar surface area (TPSA) is 68.4 Å². The van der Waals surface area contributed by atoms with Crippen LogP contribution in [0.4, 0.5) is 0 Å². The number of rotatable bonds is 6. The minimum atomic E-state index is -0.0833. The molecule has 0 radical (unpaired) electrons. The van der Waals surface area contributed by atoms with E-state index in [2.05, 4.69) is 16.4 Å². The van der Waals surface area contributed by atoms with Gasteiger partial charge in [-0.2, -0.15) is 0 Å². The van der Waals surface area contributed by atoms with Crippen molar-refractivity contribution in [1.82, 2.24) is 19.3 Å². The van der Waals surface area contributed by atoms with E-state index in [1.165, 1.54) is 18.4 Å². The Hall–Kier alpha value is -3.67. The van der Waals surface area contributed by atoms with Crippen molar-refractivity contribution >= 4 is 22.6 Å². The van der Waals surface area contributed by atoms with E-state index >= 15 is 0 Å². The molecule has 0 bridgehead atoms. The fourth-order valence-electron chi connectivity index (χ4n) is 4.45. The molecule has 0 unspecified atom stereocenters. The molecule has 5 rings (SSSR count). The van der Waals surface area contributed by atoms with E-state index in [0.717, 1.165) is 30.3 Å². The summed E-state index contributed by atoms with van der Waals surface area (Å²) < 4.78 is 3.57. The van der Waals surface area contributed by atoms with Crippen molar-refractivity contribution in [2.45, 2.75) is 38.6 Å². The molecule has 0 aliphatic heterocycles. The Labute approximate surface area is 186 Å². The van der Waals surface area contributed by atoms with Crippen LogP contribution < -0.4 is 10.9 Å². The van der Waals surface area contributed by atoms with Crippen molar-refractivity contribution in [1.29, 1.82) is 0 Å². The Morgan fingerprint density at radius 1 is 1.03 bits per heavy atom. The van der Waals surface area contributed by atoms with Crippen LogP contribution in [0.15, 0.2) is 77.4 Å². The van der Waals surface area contributed by atoms with Gasteiger partial charge in [0.1, 0.15) is 5.52 Å². The van der Waals surface area contributed by atoms with Gasteiger partial charge in [0, 0.05) is 24.5 Å². The second-order valence-corrected chi connectivity index (χ2v) is 8.31. The summed E-state index contributed by atoms with van der Waals surface area (Å²) in [5.74, 6) is -0.0631. The highest BCUT2D eigenvalue weighted by Crippen LogP contribution is 2.19. The number of hydrogen-bond acceptors (Lipinski definition) is 3. The predicted molar refractivity (Wildman–Crippen MR) is 126 cm³/mol. The highest BCUT2D eigenvalue weighted by Gasteiger charge is 2.12. The number of pyridine rings is 1. The maximum absolute atomic E-state index is 13.1. The van der Waals surface area contributed by atoms with Crippen LogP contribution in [0.2, 0.25) is 0 Å². The third-order valence-corrected chi connectivity index (χ3v) is 6.17. The van der Waals surface area contributed by atoms with Crippen LogP contribution in [-0.4, -0.2) is 26.4 Å². The first-order valence-corrected chi connectivity index (χ1v) is 11.2. The second kappa shape index (κ2) is 8.83. The highest BCUT2D eigenvalue weighted by molar-refractivity contribution is 5.94. The largest absolute Gasteiger partial charge is 0.352 e. The lowest BCUT2D eigenvalue weighted by Crippen LogP contribution is -2.25. The average Bonchev–Trinajstić information content (AvgIpc) is 3.33. The summed E-state index contributed by atoms with van der Waals surface area (Å²) in [4.78, 5) is 30.0. The van der Waals surface area contributed by atoms with E-state index in [9.17, 15) is 9.59 Å². The standard InChI is InChI=1S/C26H26N4O2/c31-25(28-16-14-19-6-2-1-3-7-19)21-12-10-20(11-13-21)18-30-24-22(8-4-15-27-24)29-17-5-9-23(29)26(30)32/h4-6,8-13,15,17H,1-3,7,14,16,18H2,(H,28,31). The lowest BCUT2D eigenvalue weighted by Gasteiger charge is -2.13. The number of nitrogens with zero attached hydrogens (tertiary/aromatic N) is 3. The van der Waals surface area contributed by atoms with Gasteiger partial charge in [-0.15, -0.1) is 0 Å². The summed E-state index contributed by atoms with van der Waals surface area (Å²) in [7, 11) is 0. The average molecular weight is 427 g/mol. The monoisotopic (exact) mass is 426 g/mol. The molecule has 1 aromatic carbocycles. The van der Waals surface area contributed by atoms with Gasteiger partial charge >= 0.3 is 0 Å². The summed E-state index contributed by atoms with van der Waals surface area (Å²) in [5.41, 5.74) is 5.09. The van der Waals surface area contributed by atoms with Crippen molar-refractivity contribution in [3.63, 3.8) is 0 Å². The Kier molecular flexibility index (Phi) is 5.58. The zero-order valence-corrected chi connectivity index (χ0v) is 18.0. The smallest absolute Gasteiger partial charge is 0.276 e. The predicted octanol–water partition coefficient (Wildman–Crippen LogP) is 4.32. The number of carbonyl (C=O) groups excluding carboxylic acids is 1. The minimum absolute atomic E-state index is 0.0631. The molecule has 3 heterocycles. The number of nitrogens with one attached hydrogen (secondary N) is 1. The second-order valence-electron chi connectivity index (χ2n) is 8.31. The zero-order chi connectivity index (χ0) is 21.9. The lowest BCUT2D eigenvalue weighted by atomic mass is 9.97. The lowest BCUT2D eigenvalue weighted by molar-refractivity contribution is 0.0954. The van der Waals surface area contributed by atoms with E-state index in [0.29, 0.717) is 29.8 Å². The Morgan fingerprint density at radius 3 is 2.69 bits per heavy atom. The first-order valence-electron chi connectivity index (χ1n) is 11.2. The molecule has 6 nitrogen and oxygen atoms in total. The molecule has 1 aliphatic carbocycles. The van der Waals surface area contributed by atoms with Crippen LogP contribution in [-0.2, 0) is 6.54 Å². The molecule has 4 aromatic rings. The van der Waals surface area contributed by atoms with Gasteiger partial charge in [-0.1, -0.05) is 23.8 Å². The van der Waals surface area contributed by atoms with Gasteiger partial charge in [-0.05, 0) is 74.1 Å². The van der Waals surface area contributed by atoms with E-state index < -0.39 is 0 Å². The highest BCUT2D eigenvalue weighted by atomic mass is 16.1. The van der Waals surface area contributed by atoms with Gasteiger partial charge in [0.05, 0.1) is 12.1 Å². The molecule has 1 N–H and O–H groups in total. The van der Waals surface area contributed by atoms with E-state index in [-0.39, 0.29) is 11.5 Å². The van der Waals surface area contributed by atoms with Gasteiger partial charge in [0.2, 0.25) is 0 Å². The molecule has 3 aromatic heterocycles. The molecular formula is C26H26N4O2. The number of benzene rings is 1. The summed E-state index contributed by atoms with van der Waals surface area (Å²) in [5, 5.41) is 3.02. The number of aromatic nitrogens is 3. The number of allylic oxidation sites excluding steroid dienone is 1. The van der Waals surface area contributed by atoms with Crippen molar-refractivity contribution in [3.05, 3.63) is 94.1 Å². The van der Waals surface area contributed by atoms with Crippen LogP contribution in [0.3, 0.4) is 0 Å². The van der Waals surface area contributed by atoms with Crippen molar-refractivity contribution in [3.8, 4) is 0 Å². The fourth-order valence-corrected chi connectivity index (χ4v) is 4.45. The van der Waals surface area contributed by atoms with Crippen molar-refractivity contribution < 1.29 is 4.79 Å². The summed E-state index contributed by atoms with van der Waals surface area (Å²) in [6, 6.07) is 15.0. The molecule has 6 heteroatoms. The Balaban J connectivity index is 1.32. The van der Waals surface area contributed by atoms with Gasteiger partial charge in [-0.3, -0.25) is 14.2 Å². The van der Waals surface area contributed by atoms with E-state index in [1.54, 1.807) is 10.8 Å². The SMILES string of the molecule is O=C(NCCC1=CCCCC1)c1ccc(Cn2c(=O)c3cccn3c3cccnc32)cc1. The molecule has 1 amide bonds. The maximum atomic E-state index is 13.1. The van der Waals surface area contributed by atoms with Gasteiger partial charge in [-0.25, -0.2) is 4.98 Å². The molecule has 162 valence electrons. The van der Waals surface area contributed by atoms with Gasteiger partial charge in [0.25, 0.3) is 11.5 Å². The maximum Gasteiger partial charge on any atom is 0.276 e. The van der Waals surface area contributed by atoms with Crippen LogP contribution in [0.5, 0.6) is 0 Å². The van der Waals surface area contributed by atoms with Crippen LogP contribution >= 0.6 is 0 Å². The van der Waals surface area contributed by atoms with Crippen molar-refractivity contribution in [2.75, 3.05) is 6.54 Å². The summed E-state index contributed by atoms with van der Waals surface area (Å²) >= 11 is 0. The third-order valence-electron chi connectivity index (χ3n) is 6.17. The molecule has 1 aliphatic rings. The quantitative estimate of drug-likeness (QED) is 0.467. The van der Waals surface area contributed by atoms with Crippen LogP contribution in [0.25, 0.3) is 16.7 Å². The summed E-state index contributed by atoms with van der Waals surface area (Å²) in [6.07, 6.45) is 11.7. The van der Waals surface area contributed by atoms with E-state index in [4.69, 9.17) is 0 Å². The Morgan fingerprint density at radius 2 is 1.88 bits per heavy atom. The molecule has 0 spiro atoms. The Bertz CT molecular complexity index is 1360. The van der Waals surface area contributed by atoms with Crippen LogP contribution in [0, 0.1) is 0 Å². The third kappa shape index (κ3) is 3.96. The first-order chi connectivity index (χ1) is 15.7. The molecule has 0 saturated carbocycles. The first kappa shape index (κ1) is 20.2. The molecule has 0 atom stereocenters. The molecule has 0 fully saturated rings. The normalized spacial score (nSPS) is 13.9. The van der Waals surface area contributed by atoms with Crippen molar-refractivity contribution in [2.24, 2.45) is 0 Å². The molecular weight excluding hydrogens is 400 g/mol. The zero-order valence-electron chi connectivity index (χ0n) is 18.0. The molecule has 0 saturated heterocycles. The minimum Gasteiger partial charge on any atom is -0.352 e. The van der Waals surface area contributed by atoms with E-state index in [1.807, 2.05) is 59.1 Å². The van der Waals surface area contributed by atoms with Gasteiger partial charge in [0.15, 0.2) is 5.65 Å².